The number of nitrogens with zero attached hydrogens (tertiary/aromatic N) is 5. The number of aromatic amines is 1. The Bertz CT molecular complexity index is 1050. The second-order valence-electron chi connectivity index (χ2n) is 7.22. The Morgan fingerprint density at radius 1 is 1.24 bits per heavy atom. The maximum Gasteiger partial charge on any atom is 0.242 e. The summed E-state index contributed by atoms with van der Waals surface area (Å²) >= 11 is 0. The number of benzene rings is 1. The molecule has 0 spiro atoms. The summed E-state index contributed by atoms with van der Waals surface area (Å²) in [5, 5.41) is 7.88. The number of halogens is 1. The lowest BCUT2D eigenvalue weighted by atomic mass is 10.1. The Balaban J connectivity index is 1.68. The van der Waals surface area contributed by atoms with Crippen LogP contribution in [0.2, 0.25) is 0 Å². The van der Waals surface area contributed by atoms with Gasteiger partial charge in [-0.2, -0.15) is 5.10 Å². The van der Waals surface area contributed by atoms with Crippen LogP contribution >= 0.6 is 0 Å². The van der Waals surface area contributed by atoms with Crippen molar-refractivity contribution in [1.82, 2.24) is 25.1 Å². The van der Waals surface area contributed by atoms with Crippen molar-refractivity contribution in [1.29, 1.82) is 0 Å². The number of amides is 1. The average Bonchev–Trinajstić information content (AvgIpc) is 3.10. The van der Waals surface area contributed by atoms with Crippen molar-refractivity contribution < 1.29 is 13.9 Å². The summed E-state index contributed by atoms with van der Waals surface area (Å²) < 4.78 is 19.8. The number of carbonyl (C=O) groups excluding carboxylic acids is 1. The zero-order valence-corrected chi connectivity index (χ0v) is 16.6. The first kappa shape index (κ1) is 19.1. The third-order valence-electron chi connectivity index (χ3n) is 4.90. The molecule has 1 N–H and O–H groups in total. The van der Waals surface area contributed by atoms with Crippen LogP contribution in [0.5, 0.6) is 5.75 Å². The lowest BCUT2D eigenvalue weighted by Gasteiger charge is -2.34. The summed E-state index contributed by atoms with van der Waals surface area (Å²) in [4.78, 5) is 24.7. The van der Waals surface area contributed by atoms with Gasteiger partial charge in [0.1, 0.15) is 17.8 Å². The standard InChI is InChI=1S/C20H23FN6O2/c1-4-26-5-6-27(10-19(26)28)18-9-16(22-11-23-18)20-13-7-17(29-12(2)3)14(21)8-15(13)24-25-20/h7-9,11-12H,4-6,10H2,1-3H3,(H,24,25). The van der Waals surface area contributed by atoms with E-state index in [0.29, 0.717) is 47.7 Å². The molecule has 152 valence electrons. The van der Waals surface area contributed by atoms with Crippen LogP contribution in [0.15, 0.2) is 24.5 Å². The topological polar surface area (TPSA) is 87.2 Å². The molecule has 1 aliphatic rings. The van der Waals surface area contributed by atoms with Gasteiger partial charge in [-0.25, -0.2) is 14.4 Å². The smallest absolute Gasteiger partial charge is 0.242 e. The van der Waals surface area contributed by atoms with Crippen molar-refractivity contribution in [2.45, 2.75) is 26.9 Å². The Labute approximate surface area is 167 Å². The van der Waals surface area contributed by atoms with E-state index in [0.717, 1.165) is 0 Å². The van der Waals surface area contributed by atoms with Gasteiger partial charge in [-0.05, 0) is 26.8 Å². The molecule has 1 saturated heterocycles. The van der Waals surface area contributed by atoms with Crippen LogP contribution in [0.1, 0.15) is 20.8 Å². The van der Waals surface area contributed by atoms with Crippen LogP contribution < -0.4 is 9.64 Å². The summed E-state index contributed by atoms with van der Waals surface area (Å²) in [5.74, 6) is 0.467. The number of likely N-dealkylation sites (N-methyl/N-ethyl adjacent to an activating group) is 1. The lowest BCUT2D eigenvalue weighted by molar-refractivity contribution is -0.130. The van der Waals surface area contributed by atoms with Gasteiger partial charge in [0.2, 0.25) is 5.91 Å². The number of carbonyl (C=O) groups is 1. The molecule has 1 aliphatic heterocycles. The molecule has 0 aliphatic carbocycles. The summed E-state index contributed by atoms with van der Waals surface area (Å²) in [6.45, 7) is 8.01. The molecule has 0 bridgehead atoms. The van der Waals surface area contributed by atoms with Crippen LogP contribution in [0.4, 0.5) is 10.2 Å². The second kappa shape index (κ2) is 7.65. The summed E-state index contributed by atoms with van der Waals surface area (Å²) in [5.41, 5.74) is 1.73. The minimum Gasteiger partial charge on any atom is -0.488 e. The minimum atomic E-state index is -0.447. The van der Waals surface area contributed by atoms with Gasteiger partial charge in [-0.1, -0.05) is 0 Å². The molecule has 9 heteroatoms. The molecule has 2 aromatic heterocycles. The normalized spacial score (nSPS) is 14.9. The van der Waals surface area contributed by atoms with Crippen molar-refractivity contribution in [2.75, 3.05) is 31.1 Å². The highest BCUT2D eigenvalue weighted by Crippen LogP contribution is 2.31. The van der Waals surface area contributed by atoms with E-state index >= 15 is 0 Å². The third-order valence-corrected chi connectivity index (χ3v) is 4.90. The largest absolute Gasteiger partial charge is 0.488 e. The first-order valence-electron chi connectivity index (χ1n) is 9.65. The molecule has 0 atom stereocenters. The quantitative estimate of drug-likeness (QED) is 0.711. The third kappa shape index (κ3) is 3.72. The fourth-order valence-electron chi connectivity index (χ4n) is 3.45. The molecule has 1 fully saturated rings. The fraction of sp³-hybridized carbons (Fsp3) is 0.400. The molecule has 3 heterocycles. The molecule has 4 rings (SSSR count). The molecule has 3 aromatic rings. The van der Waals surface area contributed by atoms with Gasteiger partial charge in [0.15, 0.2) is 11.6 Å². The van der Waals surface area contributed by atoms with Crippen LogP contribution in [0.3, 0.4) is 0 Å². The van der Waals surface area contributed by atoms with Crippen LogP contribution in [-0.4, -0.2) is 63.3 Å². The van der Waals surface area contributed by atoms with Crippen molar-refractivity contribution in [3.63, 3.8) is 0 Å². The number of rotatable bonds is 5. The molecular weight excluding hydrogens is 375 g/mol. The molecule has 0 radical (unpaired) electrons. The molecule has 0 saturated carbocycles. The second-order valence-corrected chi connectivity index (χ2v) is 7.22. The van der Waals surface area contributed by atoms with E-state index in [1.165, 1.54) is 12.4 Å². The molecule has 29 heavy (non-hydrogen) atoms. The van der Waals surface area contributed by atoms with E-state index in [-0.39, 0.29) is 24.3 Å². The first-order valence-corrected chi connectivity index (χ1v) is 9.65. The summed E-state index contributed by atoms with van der Waals surface area (Å²) in [6, 6.07) is 4.81. The monoisotopic (exact) mass is 398 g/mol. The van der Waals surface area contributed by atoms with E-state index in [2.05, 4.69) is 20.2 Å². The molecule has 1 amide bonds. The summed E-state index contributed by atoms with van der Waals surface area (Å²) in [6.07, 6.45) is 1.30. The predicted molar refractivity (Wildman–Crippen MR) is 107 cm³/mol. The van der Waals surface area contributed by atoms with Gasteiger partial charge in [0, 0.05) is 37.2 Å². The van der Waals surface area contributed by atoms with Gasteiger partial charge in [0.25, 0.3) is 0 Å². The van der Waals surface area contributed by atoms with Crippen molar-refractivity contribution in [3.05, 3.63) is 30.3 Å². The highest BCUT2D eigenvalue weighted by molar-refractivity contribution is 5.93. The number of anilines is 1. The number of ether oxygens (including phenoxy) is 1. The molecule has 0 unspecified atom stereocenters. The SMILES string of the molecule is CCN1CCN(c2cc(-c3n[nH]c4cc(F)c(OC(C)C)cc34)ncn2)CC1=O. The van der Waals surface area contributed by atoms with Gasteiger partial charge < -0.3 is 14.5 Å². The fourth-order valence-corrected chi connectivity index (χ4v) is 3.45. The maximum absolute atomic E-state index is 14.3. The number of hydrogen-bond acceptors (Lipinski definition) is 6. The number of nitrogens with one attached hydrogen (secondary N) is 1. The van der Waals surface area contributed by atoms with E-state index in [1.54, 1.807) is 12.1 Å². The Kier molecular flexibility index (Phi) is 5.04. The van der Waals surface area contributed by atoms with Gasteiger partial charge >= 0.3 is 0 Å². The number of aromatic nitrogens is 4. The maximum atomic E-state index is 14.3. The highest BCUT2D eigenvalue weighted by atomic mass is 19.1. The molecular formula is C20H23FN6O2. The number of piperazine rings is 1. The van der Waals surface area contributed by atoms with Crippen molar-refractivity contribution in [3.8, 4) is 17.1 Å². The predicted octanol–water partition coefficient (Wildman–Crippen LogP) is 2.61. The number of fused-ring (bicyclic) bond motifs is 1. The van der Waals surface area contributed by atoms with Crippen LogP contribution in [0.25, 0.3) is 22.3 Å². The Hall–Kier alpha value is -3.23. The van der Waals surface area contributed by atoms with E-state index in [1.807, 2.05) is 30.6 Å². The van der Waals surface area contributed by atoms with E-state index in [4.69, 9.17) is 4.74 Å². The van der Waals surface area contributed by atoms with Crippen molar-refractivity contribution in [2.24, 2.45) is 0 Å². The Morgan fingerprint density at radius 3 is 2.79 bits per heavy atom. The minimum absolute atomic E-state index is 0.0788. The summed E-state index contributed by atoms with van der Waals surface area (Å²) in [7, 11) is 0. The van der Waals surface area contributed by atoms with Gasteiger partial charge in [-0.15, -0.1) is 0 Å². The van der Waals surface area contributed by atoms with E-state index < -0.39 is 5.82 Å². The highest BCUT2D eigenvalue weighted by Gasteiger charge is 2.24. The number of hydrogen-bond donors (Lipinski definition) is 1. The zero-order chi connectivity index (χ0) is 20.5. The molecule has 1 aromatic carbocycles. The zero-order valence-electron chi connectivity index (χ0n) is 16.6. The lowest BCUT2D eigenvalue weighted by Crippen LogP contribution is -2.50. The average molecular weight is 398 g/mol. The van der Waals surface area contributed by atoms with Gasteiger partial charge in [0.05, 0.1) is 23.9 Å². The Morgan fingerprint density at radius 2 is 2.07 bits per heavy atom. The van der Waals surface area contributed by atoms with E-state index in [9.17, 15) is 9.18 Å². The van der Waals surface area contributed by atoms with Crippen molar-refractivity contribution >= 4 is 22.6 Å². The number of H-pyrrole nitrogens is 1. The first-order chi connectivity index (χ1) is 14.0. The van der Waals surface area contributed by atoms with Gasteiger partial charge in [-0.3, -0.25) is 9.89 Å². The van der Waals surface area contributed by atoms with Crippen LogP contribution in [0, 0.1) is 5.82 Å². The molecule has 8 nitrogen and oxygen atoms in total. The van der Waals surface area contributed by atoms with Crippen LogP contribution in [-0.2, 0) is 4.79 Å².